The van der Waals surface area contributed by atoms with Gasteiger partial charge in [0.05, 0.1) is 5.57 Å². The fourth-order valence-corrected chi connectivity index (χ4v) is 2.85. The Bertz CT molecular complexity index is 678. The van der Waals surface area contributed by atoms with Gasteiger partial charge in [-0.3, -0.25) is 4.79 Å². The first-order valence-electron chi connectivity index (χ1n) is 6.88. The van der Waals surface area contributed by atoms with Crippen LogP contribution in [-0.4, -0.2) is 5.78 Å². The number of rotatable bonds is 1. The molecule has 0 atom stereocenters. The molecule has 0 fully saturated rings. The van der Waals surface area contributed by atoms with Crippen LogP contribution in [0.25, 0.3) is 5.57 Å². The summed E-state index contributed by atoms with van der Waals surface area (Å²) in [6.07, 6.45) is 9.29. The van der Waals surface area contributed by atoms with Gasteiger partial charge >= 0.3 is 0 Å². The van der Waals surface area contributed by atoms with Crippen LogP contribution in [0.4, 0.5) is 0 Å². The highest BCUT2D eigenvalue weighted by molar-refractivity contribution is 6.12. The second-order valence-corrected chi connectivity index (χ2v) is 5.83. The summed E-state index contributed by atoms with van der Waals surface area (Å²) in [6.45, 7) is 3.80. The number of nitrogens with zero attached hydrogens (tertiary/aromatic N) is 1. The maximum Gasteiger partial charge on any atom is 0.224 e. The molecule has 3 heteroatoms. The molecule has 1 aromatic heterocycles. The van der Waals surface area contributed by atoms with Crippen LogP contribution in [0.15, 0.2) is 53.8 Å². The predicted octanol–water partition coefficient (Wildman–Crippen LogP) is 2.96. The molecular weight excluding hydrogens is 250 g/mol. The molecule has 0 saturated heterocycles. The third-order valence-electron chi connectivity index (χ3n) is 3.88. The average molecular weight is 267 g/mol. The number of fused-ring (bicyclic) bond motifs is 1. The molecule has 20 heavy (non-hydrogen) atoms. The van der Waals surface area contributed by atoms with Crippen molar-refractivity contribution in [3.05, 3.63) is 64.7 Å². The second kappa shape index (κ2) is 4.44. The van der Waals surface area contributed by atoms with Gasteiger partial charge in [0, 0.05) is 23.1 Å². The minimum absolute atomic E-state index is 0.139. The van der Waals surface area contributed by atoms with Gasteiger partial charge in [-0.05, 0) is 38.3 Å². The molecule has 0 unspecified atom stereocenters. The third kappa shape index (κ3) is 1.90. The van der Waals surface area contributed by atoms with Crippen molar-refractivity contribution in [1.82, 2.24) is 0 Å². The molecule has 1 aromatic rings. The van der Waals surface area contributed by atoms with Gasteiger partial charge in [0.25, 0.3) is 0 Å². The number of ketones is 1. The van der Waals surface area contributed by atoms with E-state index in [0.29, 0.717) is 5.69 Å². The van der Waals surface area contributed by atoms with Gasteiger partial charge in [0.2, 0.25) is 5.69 Å². The lowest BCUT2D eigenvalue weighted by atomic mass is 9.71. The molecule has 0 N–H and O–H groups in total. The lowest BCUT2D eigenvalue weighted by Crippen LogP contribution is -2.35. The van der Waals surface area contributed by atoms with Gasteiger partial charge in [-0.25, -0.2) is 0 Å². The Labute approximate surface area is 118 Å². The summed E-state index contributed by atoms with van der Waals surface area (Å²) in [5.74, 6) is 0.139. The smallest absolute Gasteiger partial charge is 0.224 e. The van der Waals surface area contributed by atoms with Crippen molar-refractivity contribution in [2.24, 2.45) is 5.41 Å². The molecule has 0 radical (unpaired) electrons. The van der Waals surface area contributed by atoms with Crippen LogP contribution in [0.5, 0.6) is 0 Å². The summed E-state index contributed by atoms with van der Waals surface area (Å²) in [4.78, 5) is 12.5. The zero-order valence-corrected chi connectivity index (χ0v) is 11.7. The van der Waals surface area contributed by atoms with Crippen LogP contribution in [0.3, 0.4) is 0 Å². The molecule has 0 spiro atoms. The quantitative estimate of drug-likeness (QED) is 0.580. The summed E-state index contributed by atoms with van der Waals surface area (Å²) in [6, 6.07) is 5.36. The number of carbonyl (C=O) groups excluding carboxylic acids is 1. The zero-order valence-electron chi connectivity index (χ0n) is 11.7. The van der Waals surface area contributed by atoms with E-state index in [1.54, 1.807) is 12.1 Å². The molecule has 3 rings (SSSR count). The predicted molar refractivity (Wildman–Crippen MR) is 77.6 cm³/mol. The minimum Gasteiger partial charge on any atom is -0.618 e. The van der Waals surface area contributed by atoms with Crippen molar-refractivity contribution in [3.63, 3.8) is 0 Å². The van der Waals surface area contributed by atoms with Crippen molar-refractivity contribution in [2.45, 2.75) is 26.7 Å². The topological polar surface area (TPSA) is 44.0 Å². The van der Waals surface area contributed by atoms with Gasteiger partial charge in [0.15, 0.2) is 12.0 Å². The largest absolute Gasteiger partial charge is 0.618 e. The molecule has 3 nitrogen and oxygen atoms in total. The number of hydrogen-bond donors (Lipinski definition) is 0. The van der Waals surface area contributed by atoms with Gasteiger partial charge in [-0.2, -0.15) is 4.73 Å². The van der Waals surface area contributed by atoms with Crippen LogP contribution in [-0.2, 0) is 4.79 Å². The third-order valence-corrected chi connectivity index (χ3v) is 3.88. The molecule has 0 amide bonds. The van der Waals surface area contributed by atoms with Crippen molar-refractivity contribution in [1.29, 1.82) is 0 Å². The van der Waals surface area contributed by atoms with E-state index in [1.165, 1.54) is 6.20 Å². The number of Topliss-reactive ketones (excluding diaryl/α,β-unsaturated/α-hetero) is 1. The lowest BCUT2D eigenvalue weighted by molar-refractivity contribution is -0.607. The minimum atomic E-state index is -0.571. The highest BCUT2D eigenvalue weighted by atomic mass is 16.5. The molecule has 0 aromatic carbocycles. The highest BCUT2D eigenvalue weighted by Crippen LogP contribution is 2.42. The summed E-state index contributed by atoms with van der Waals surface area (Å²) in [7, 11) is 0. The van der Waals surface area contributed by atoms with E-state index in [1.807, 2.05) is 32.1 Å². The number of pyridine rings is 1. The Balaban J connectivity index is 2.24. The summed E-state index contributed by atoms with van der Waals surface area (Å²) in [5.41, 5.74) is 2.58. The summed E-state index contributed by atoms with van der Waals surface area (Å²) >= 11 is 0. The van der Waals surface area contributed by atoms with Gasteiger partial charge in [0.1, 0.15) is 0 Å². The molecule has 2 aliphatic rings. The van der Waals surface area contributed by atoms with E-state index in [0.717, 1.165) is 34.3 Å². The van der Waals surface area contributed by atoms with Crippen LogP contribution in [0.2, 0.25) is 0 Å². The van der Waals surface area contributed by atoms with E-state index >= 15 is 0 Å². The molecular formula is C17H17NO2. The van der Waals surface area contributed by atoms with E-state index in [2.05, 4.69) is 6.08 Å². The molecule has 0 bridgehead atoms. The Hall–Kier alpha value is -2.16. The van der Waals surface area contributed by atoms with Crippen molar-refractivity contribution >= 4 is 11.4 Å². The van der Waals surface area contributed by atoms with E-state index in [4.69, 9.17) is 0 Å². The van der Waals surface area contributed by atoms with Gasteiger partial charge in [-0.15, -0.1) is 0 Å². The second-order valence-electron chi connectivity index (χ2n) is 5.83. The van der Waals surface area contributed by atoms with E-state index in [9.17, 15) is 10.0 Å². The first-order chi connectivity index (χ1) is 9.50. The van der Waals surface area contributed by atoms with E-state index in [-0.39, 0.29) is 5.78 Å². The van der Waals surface area contributed by atoms with Crippen LogP contribution in [0.1, 0.15) is 32.4 Å². The van der Waals surface area contributed by atoms with Gasteiger partial charge in [-0.1, -0.05) is 18.2 Å². The van der Waals surface area contributed by atoms with Crippen molar-refractivity contribution in [3.8, 4) is 0 Å². The Kier molecular flexibility index (Phi) is 2.85. The van der Waals surface area contributed by atoms with Crippen LogP contribution >= 0.6 is 0 Å². The van der Waals surface area contributed by atoms with E-state index < -0.39 is 5.41 Å². The number of carbonyl (C=O) groups is 1. The normalized spacial score (nSPS) is 20.7. The molecule has 0 saturated carbocycles. The summed E-state index contributed by atoms with van der Waals surface area (Å²) in [5, 5.41) is 12.0. The molecule has 0 aliphatic heterocycles. The SMILES string of the molecule is CC1(C)C=C(c2cccc[n+]2[O-])C2=CCCC=C2C1=O. The Morgan fingerprint density at radius 2 is 1.80 bits per heavy atom. The number of allylic oxidation sites excluding steroid dienone is 6. The van der Waals surface area contributed by atoms with Crippen molar-refractivity contribution < 1.29 is 9.52 Å². The number of hydrogen-bond acceptors (Lipinski definition) is 2. The highest BCUT2D eigenvalue weighted by Gasteiger charge is 2.38. The lowest BCUT2D eigenvalue weighted by Gasteiger charge is -2.31. The van der Waals surface area contributed by atoms with Gasteiger partial charge < -0.3 is 5.21 Å². The summed E-state index contributed by atoms with van der Waals surface area (Å²) < 4.78 is 0.866. The first-order valence-corrected chi connectivity index (χ1v) is 6.88. The monoisotopic (exact) mass is 267 g/mol. The fraction of sp³-hybridized carbons (Fsp3) is 0.294. The Morgan fingerprint density at radius 1 is 1.10 bits per heavy atom. The Morgan fingerprint density at radius 3 is 2.50 bits per heavy atom. The molecule has 1 heterocycles. The molecule has 2 aliphatic carbocycles. The van der Waals surface area contributed by atoms with Crippen LogP contribution in [0, 0.1) is 10.6 Å². The maximum atomic E-state index is 12.5. The standard InChI is InChI=1S/C17H17NO2/c1-17(2)11-14(15-9-5-6-10-18(15)20)12-7-3-4-8-13(12)16(17)19/h5-11H,3-4H2,1-2H3. The molecule has 102 valence electrons. The average Bonchev–Trinajstić information content (AvgIpc) is 2.44. The fourth-order valence-electron chi connectivity index (χ4n) is 2.85. The maximum absolute atomic E-state index is 12.5. The zero-order chi connectivity index (χ0) is 14.3. The number of aromatic nitrogens is 1. The first kappa shape index (κ1) is 12.9. The van der Waals surface area contributed by atoms with Crippen molar-refractivity contribution in [2.75, 3.05) is 0 Å². The van der Waals surface area contributed by atoms with Crippen LogP contribution < -0.4 is 4.73 Å².